The lowest BCUT2D eigenvalue weighted by molar-refractivity contribution is -0.00171. The molecule has 1 heterocycles. The summed E-state index contributed by atoms with van der Waals surface area (Å²) in [5.74, 6) is 0.172. The minimum Gasteiger partial charge on any atom is -0.390 e. The third-order valence-electron chi connectivity index (χ3n) is 5.07. The first-order valence-electron chi connectivity index (χ1n) is 8.16. The van der Waals surface area contributed by atoms with E-state index in [9.17, 15) is 14.3 Å². The Morgan fingerprint density at radius 3 is 2.52 bits per heavy atom. The van der Waals surface area contributed by atoms with Crippen LogP contribution in [-0.4, -0.2) is 22.0 Å². The van der Waals surface area contributed by atoms with Crippen molar-refractivity contribution >= 4 is 17.2 Å². The number of nitrogens with zero attached hydrogens (tertiary/aromatic N) is 1. The zero-order valence-corrected chi connectivity index (χ0v) is 13.6. The van der Waals surface area contributed by atoms with Gasteiger partial charge in [0.2, 0.25) is 0 Å². The van der Waals surface area contributed by atoms with E-state index >= 15 is 0 Å². The molecule has 0 spiro atoms. The van der Waals surface area contributed by atoms with Gasteiger partial charge >= 0.3 is 0 Å². The molecule has 4 heteroatoms. The molecule has 0 atom stereocenters. The quantitative estimate of drug-likeness (QED) is 0.862. The number of rotatable bonds is 3. The summed E-state index contributed by atoms with van der Waals surface area (Å²) in [5, 5.41) is 10.8. The van der Waals surface area contributed by atoms with E-state index in [1.165, 1.54) is 6.07 Å². The minimum absolute atomic E-state index is 0.308. The van der Waals surface area contributed by atoms with Crippen LogP contribution in [0.2, 0.25) is 0 Å². The molecule has 0 aliphatic heterocycles. The number of aldehydes is 1. The van der Waals surface area contributed by atoms with Crippen LogP contribution < -0.4 is 0 Å². The molecule has 1 aliphatic rings. The number of benzene rings is 1. The number of hydrogen-bond acceptors (Lipinski definition) is 3. The van der Waals surface area contributed by atoms with Crippen molar-refractivity contribution in [2.75, 3.05) is 0 Å². The smallest absolute Gasteiger partial charge is 0.150 e. The van der Waals surface area contributed by atoms with Crippen LogP contribution in [0.1, 0.15) is 61.5 Å². The summed E-state index contributed by atoms with van der Waals surface area (Å²) in [6.07, 6.45) is 4.48. The van der Waals surface area contributed by atoms with Gasteiger partial charge in [-0.05, 0) is 63.6 Å². The van der Waals surface area contributed by atoms with Gasteiger partial charge in [0.15, 0.2) is 0 Å². The molecule has 0 unspecified atom stereocenters. The van der Waals surface area contributed by atoms with Crippen LogP contribution in [0.25, 0.3) is 10.9 Å². The van der Waals surface area contributed by atoms with Gasteiger partial charge < -0.3 is 5.11 Å². The van der Waals surface area contributed by atoms with Crippen molar-refractivity contribution in [3.63, 3.8) is 0 Å². The summed E-state index contributed by atoms with van der Waals surface area (Å²) < 4.78 is 14.1. The molecule has 1 aromatic carbocycles. The van der Waals surface area contributed by atoms with Crippen LogP contribution in [0.4, 0.5) is 4.39 Å². The maximum Gasteiger partial charge on any atom is 0.150 e. The topological polar surface area (TPSA) is 50.2 Å². The van der Waals surface area contributed by atoms with E-state index in [-0.39, 0.29) is 0 Å². The maximum atomic E-state index is 14.1. The Morgan fingerprint density at radius 2 is 1.91 bits per heavy atom. The number of halogens is 1. The van der Waals surface area contributed by atoms with Crippen molar-refractivity contribution in [2.24, 2.45) is 5.92 Å². The average Bonchev–Trinajstić information content (AvgIpc) is 2.53. The highest BCUT2D eigenvalue weighted by atomic mass is 19.1. The summed E-state index contributed by atoms with van der Waals surface area (Å²) in [5.41, 5.74) is 0.927. The number of aliphatic hydroxyl groups is 1. The Labute approximate surface area is 135 Å². The molecule has 1 saturated carbocycles. The van der Waals surface area contributed by atoms with Gasteiger partial charge in [0.25, 0.3) is 0 Å². The number of carbonyl (C=O) groups excluding carboxylic acids is 1. The van der Waals surface area contributed by atoms with Crippen molar-refractivity contribution in [3.05, 3.63) is 41.3 Å². The number of carbonyl (C=O) groups is 1. The van der Waals surface area contributed by atoms with Crippen molar-refractivity contribution in [1.82, 2.24) is 4.98 Å². The van der Waals surface area contributed by atoms with E-state index in [0.717, 1.165) is 31.4 Å². The molecule has 1 aromatic heterocycles. The second-order valence-electron chi connectivity index (χ2n) is 7.13. The Hall–Kier alpha value is -1.81. The van der Waals surface area contributed by atoms with Crippen LogP contribution >= 0.6 is 0 Å². The summed E-state index contributed by atoms with van der Waals surface area (Å²) in [6.45, 7) is 3.73. The molecule has 0 saturated heterocycles. The summed E-state index contributed by atoms with van der Waals surface area (Å²) >= 11 is 0. The van der Waals surface area contributed by atoms with Gasteiger partial charge in [-0.15, -0.1) is 0 Å². The Balaban J connectivity index is 1.85. The third kappa shape index (κ3) is 3.27. The largest absolute Gasteiger partial charge is 0.390 e. The first-order valence-corrected chi connectivity index (χ1v) is 8.16. The molecule has 1 fully saturated rings. The molecule has 122 valence electrons. The van der Waals surface area contributed by atoms with Crippen molar-refractivity contribution in [3.8, 4) is 0 Å². The molecule has 0 amide bonds. The number of fused-ring (bicyclic) bond motifs is 1. The second kappa shape index (κ2) is 6.00. The molecule has 23 heavy (non-hydrogen) atoms. The Morgan fingerprint density at radius 1 is 1.22 bits per heavy atom. The highest BCUT2D eigenvalue weighted by Gasteiger charge is 2.32. The van der Waals surface area contributed by atoms with Gasteiger partial charge in [0.05, 0.1) is 5.60 Å². The molecule has 1 aliphatic carbocycles. The first-order chi connectivity index (χ1) is 10.9. The lowest BCUT2D eigenvalue weighted by atomic mass is 9.74. The second-order valence-corrected chi connectivity index (χ2v) is 7.13. The molecule has 3 nitrogen and oxygen atoms in total. The van der Waals surface area contributed by atoms with Crippen LogP contribution in [0, 0.1) is 11.7 Å². The first kappa shape index (κ1) is 16.1. The van der Waals surface area contributed by atoms with Crippen molar-refractivity contribution in [1.29, 1.82) is 0 Å². The van der Waals surface area contributed by atoms with E-state index in [0.29, 0.717) is 34.6 Å². The van der Waals surface area contributed by atoms with Gasteiger partial charge in [0.1, 0.15) is 17.6 Å². The summed E-state index contributed by atoms with van der Waals surface area (Å²) in [4.78, 5) is 15.3. The van der Waals surface area contributed by atoms with Gasteiger partial charge in [0, 0.05) is 22.6 Å². The molecule has 3 rings (SSSR count). The number of aromatic nitrogens is 1. The fraction of sp³-hybridized carbons (Fsp3) is 0.474. The predicted molar refractivity (Wildman–Crippen MR) is 88.1 cm³/mol. The van der Waals surface area contributed by atoms with E-state index in [1.807, 2.05) is 26.0 Å². The van der Waals surface area contributed by atoms with Crippen molar-refractivity contribution in [2.45, 2.75) is 51.0 Å². The lowest BCUT2D eigenvalue weighted by Gasteiger charge is -2.35. The van der Waals surface area contributed by atoms with E-state index in [1.54, 1.807) is 6.07 Å². The number of hydrogen-bond donors (Lipinski definition) is 1. The van der Waals surface area contributed by atoms with Gasteiger partial charge in [-0.1, -0.05) is 6.07 Å². The maximum absolute atomic E-state index is 14.1. The van der Waals surface area contributed by atoms with Gasteiger partial charge in [-0.3, -0.25) is 4.79 Å². The highest BCUT2D eigenvalue weighted by molar-refractivity contribution is 5.87. The van der Waals surface area contributed by atoms with Crippen LogP contribution in [-0.2, 0) is 0 Å². The molecule has 1 N–H and O–H groups in total. The van der Waals surface area contributed by atoms with E-state index in [2.05, 4.69) is 4.98 Å². The van der Waals surface area contributed by atoms with E-state index in [4.69, 9.17) is 0 Å². The number of pyridine rings is 1. The molecular formula is C19H22FNO2. The van der Waals surface area contributed by atoms with E-state index < -0.39 is 11.4 Å². The minimum atomic E-state index is -0.640. The zero-order valence-electron chi connectivity index (χ0n) is 13.6. The molecule has 0 bridgehead atoms. The van der Waals surface area contributed by atoms with Gasteiger partial charge in [-0.25, -0.2) is 9.37 Å². The molecule has 2 aromatic rings. The monoisotopic (exact) mass is 315 g/mol. The van der Waals surface area contributed by atoms with Crippen LogP contribution in [0.5, 0.6) is 0 Å². The van der Waals surface area contributed by atoms with Gasteiger partial charge in [-0.2, -0.15) is 0 Å². The lowest BCUT2D eigenvalue weighted by Crippen LogP contribution is -2.33. The fourth-order valence-corrected chi connectivity index (χ4v) is 3.62. The SMILES string of the molecule is CC(C)(O)C1CCC(c2ccc3cc(C=O)cc(F)c3n2)CC1. The fourth-order valence-electron chi connectivity index (χ4n) is 3.62. The standard InChI is InChI=1S/C19H22FNO2/c1-19(2,23)15-6-3-13(4-7-15)17-8-5-14-9-12(11-22)10-16(20)18(14)21-17/h5,8-11,13,15,23H,3-4,6-7H2,1-2H3. The third-order valence-corrected chi connectivity index (χ3v) is 5.07. The molecule has 0 radical (unpaired) electrons. The predicted octanol–water partition coefficient (Wildman–Crippen LogP) is 4.23. The summed E-state index contributed by atoms with van der Waals surface area (Å²) in [6, 6.07) is 6.67. The van der Waals surface area contributed by atoms with Crippen LogP contribution in [0.15, 0.2) is 24.3 Å². The zero-order chi connectivity index (χ0) is 16.6. The Bertz CT molecular complexity index is 728. The normalized spacial score (nSPS) is 22.3. The van der Waals surface area contributed by atoms with Crippen molar-refractivity contribution < 1.29 is 14.3 Å². The highest BCUT2D eigenvalue weighted by Crippen LogP contribution is 2.39. The Kier molecular flexibility index (Phi) is 4.19. The van der Waals surface area contributed by atoms with Crippen LogP contribution in [0.3, 0.4) is 0 Å². The molecular weight excluding hydrogens is 293 g/mol. The summed E-state index contributed by atoms with van der Waals surface area (Å²) in [7, 11) is 0. The average molecular weight is 315 g/mol.